The molecule has 0 aromatic rings. The summed E-state index contributed by atoms with van der Waals surface area (Å²) >= 11 is 5.76. The van der Waals surface area contributed by atoms with Gasteiger partial charge < -0.3 is 10.2 Å². The highest BCUT2D eigenvalue weighted by atomic mass is 35.5. The van der Waals surface area contributed by atoms with Crippen LogP contribution in [-0.2, 0) is 4.79 Å². The monoisotopic (exact) mass is 290 g/mol. The molecule has 19 heavy (non-hydrogen) atoms. The van der Waals surface area contributed by atoms with Crippen molar-refractivity contribution in [3.63, 3.8) is 0 Å². The van der Waals surface area contributed by atoms with E-state index >= 15 is 0 Å². The summed E-state index contributed by atoms with van der Waals surface area (Å²) in [6.45, 7) is 1.37. The molecule has 3 rings (SSSR count). The number of fused-ring (bicyclic) bond motifs is 2. The number of nitrogens with one attached hydrogen (secondary N) is 1. The molecular weight excluding hydrogens is 281 g/mol. The van der Waals surface area contributed by atoms with E-state index in [9.17, 15) is 18.0 Å². The molecule has 1 amide bonds. The van der Waals surface area contributed by atoms with E-state index in [0.29, 0.717) is 30.9 Å². The van der Waals surface area contributed by atoms with Crippen LogP contribution in [0.5, 0.6) is 0 Å². The van der Waals surface area contributed by atoms with E-state index in [2.05, 4.69) is 5.32 Å². The van der Waals surface area contributed by atoms with Gasteiger partial charge in [-0.25, -0.2) is 0 Å². The lowest BCUT2D eigenvalue weighted by Crippen LogP contribution is -2.43. The minimum absolute atomic E-state index is 0.00583. The summed E-state index contributed by atoms with van der Waals surface area (Å²) in [5.74, 6) is -1.76. The van der Waals surface area contributed by atoms with E-state index in [1.54, 1.807) is 0 Å². The van der Waals surface area contributed by atoms with E-state index < -0.39 is 23.6 Å². The van der Waals surface area contributed by atoms with Crippen LogP contribution >= 0.6 is 11.6 Å². The smallest absolute Gasteiger partial charge is 0.312 e. The number of nitrogens with zero attached hydrogens (tertiary/aromatic N) is 1. The van der Waals surface area contributed by atoms with Crippen LogP contribution in [-0.4, -0.2) is 36.6 Å². The van der Waals surface area contributed by atoms with Crippen molar-refractivity contribution in [3.05, 3.63) is 34.0 Å². The molecule has 1 saturated heterocycles. The highest BCUT2D eigenvalue weighted by Crippen LogP contribution is 2.46. The SMILES string of the molecule is O=C1C2C(C(F)(F)F)=CC(Cl)=CC2=C2CNCCN12. The summed E-state index contributed by atoms with van der Waals surface area (Å²) in [4.78, 5) is 13.6. The van der Waals surface area contributed by atoms with Crippen molar-refractivity contribution in [3.8, 4) is 0 Å². The fourth-order valence-electron chi connectivity index (χ4n) is 2.72. The van der Waals surface area contributed by atoms with E-state index in [-0.39, 0.29) is 5.03 Å². The maximum Gasteiger partial charge on any atom is 0.413 e. The molecule has 0 saturated carbocycles. The molecule has 3 nitrogen and oxygen atoms in total. The highest BCUT2D eigenvalue weighted by Gasteiger charge is 2.50. The van der Waals surface area contributed by atoms with Crippen LogP contribution in [0.25, 0.3) is 0 Å². The van der Waals surface area contributed by atoms with Crippen molar-refractivity contribution < 1.29 is 18.0 Å². The molecule has 0 aromatic carbocycles. The summed E-state index contributed by atoms with van der Waals surface area (Å²) in [5.41, 5.74) is 0.105. The molecule has 2 heterocycles. The van der Waals surface area contributed by atoms with Crippen LogP contribution in [0.4, 0.5) is 13.2 Å². The number of rotatable bonds is 0. The van der Waals surface area contributed by atoms with Gasteiger partial charge in [-0.3, -0.25) is 4.79 Å². The number of carbonyl (C=O) groups excluding carboxylic acids is 1. The van der Waals surface area contributed by atoms with Crippen LogP contribution in [0.3, 0.4) is 0 Å². The van der Waals surface area contributed by atoms with Gasteiger partial charge in [0.05, 0.1) is 11.5 Å². The normalized spacial score (nSPS) is 27.1. The quantitative estimate of drug-likeness (QED) is 0.739. The molecule has 1 unspecified atom stereocenters. The molecule has 0 radical (unpaired) electrons. The number of halogens is 4. The van der Waals surface area contributed by atoms with Gasteiger partial charge in [-0.15, -0.1) is 0 Å². The Bertz CT molecular complexity index is 548. The Hall–Kier alpha value is -1.27. The van der Waals surface area contributed by atoms with Gasteiger partial charge in [0.25, 0.3) is 0 Å². The average Bonchev–Trinajstić information content (AvgIpc) is 2.62. The lowest BCUT2D eigenvalue weighted by Gasteiger charge is -2.26. The molecule has 1 atom stereocenters. The third-order valence-electron chi connectivity index (χ3n) is 3.51. The van der Waals surface area contributed by atoms with Gasteiger partial charge in [0.2, 0.25) is 5.91 Å². The maximum atomic E-state index is 13.0. The lowest BCUT2D eigenvalue weighted by atomic mass is 9.87. The molecule has 1 N–H and O–H groups in total. The summed E-state index contributed by atoms with van der Waals surface area (Å²) in [7, 11) is 0. The third kappa shape index (κ3) is 1.90. The van der Waals surface area contributed by atoms with E-state index in [1.165, 1.54) is 11.0 Å². The zero-order valence-electron chi connectivity index (χ0n) is 9.72. The second-order valence-electron chi connectivity index (χ2n) is 4.63. The highest BCUT2D eigenvalue weighted by molar-refractivity contribution is 6.31. The first-order chi connectivity index (χ1) is 8.89. The minimum Gasteiger partial charge on any atom is -0.312 e. The molecule has 0 spiro atoms. The fraction of sp³-hybridized carbons (Fsp3) is 0.417. The number of allylic oxidation sites excluding steroid dienone is 3. The second kappa shape index (κ2) is 4.11. The van der Waals surface area contributed by atoms with Gasteiger partial charge in [0.1, 0.15) is 0 Å². The molecule has 0 bridgehead atoms. The minimum atomic E-state index is -4.55. The van der Waals surface area contributed by atoms with Crippen LogP contribution in [0.1, 0.15) is 0 Å². The molecular formula is C12H10ClF3N2O. The van der Waals surface area contributed by atoms with Crippen LogP contribution in [0.15, 0.2) is 34.0 Å². The van der Waals surface area contributed by atoms with Gasteiger partial charge in [0, 0.05) is 30.4 Å². The zero-order valence-corrected chi connectivity index (χ0v) is 10.5. The summed E-state index contributed by atoms with van der Waals surface area (Å²) in [6, 6.07) is 0. The maximum absolute atomic E-state index is 13.0. The van der Waals surface area contributed by atoms with Gasteiger partial charge in [-0.1, -0.05) is 11.6 Å². The summed E-state index contributed by atoms with van der Waals surface area (Å²) < 4.78 is 39.1. The fourth-order valence-corrected chi connectivity index (χ4v) is 2.95. The van der Waals surface area contributed by atoms with E-state index in [4.69, 9.17) is 11.6 Å². The largest absolute Gasteiger partial charge is 0.413 e. The predicted octanol–water partition coefficient (Wildman–Crippen LogP) is 1.93. The second-order valence-corrected chi connectivity index (χ2v) is 5.06. The van der Waals surface area contributed by atoms with Gasteiger partial charge in [-0.05, 0) is 17.7 Å². The molecule has 7 heteroatoms. The lowest BCUT2D eigenvalue weighted by molar-refractivity contribution is -0.135. The molecule has 1 aliphatic carbocycles. The number of piperazine rings is 1. The Kier molecular flexibility index (Phi) is 2.76. The van der Waals surface area contributed by atoms with Gasteiger partial charge in [0.15, 0.2) is 0 Å². The van der Waals surface area contributed by atoms with Crippen molar-refractivity contribution >= 4 is 17.5 Å². The van der Waals surface area contributed by atoms with Crippen LogP contribution in [0.2, 0.25) is 0 Å². The number of alkyl halides is 3. The Morgan fingerprint density at radius 2 is 2.11 bits per heavy atom. The Labute approximate surface area is 112 Å². The van der Waals surface area contributed by atoms with Crippen molar-refractivity contribution in [1.82, 2.24) is 10.2 Å². The first-order valence-corrected chi connectivity index (χ1v) is 6.18. The first kappa shape index (κ1) is 12.7. The van der Waals surface area contributed by atoms with Crippen molar-refractivity contribution in [2.24, 2.45) is 5.92 Å². The number of hydrogen-bond acceptors (Lipinski definition) is 2. The van der Waals surface area contributed by atoms with Gasteiger partial charge >= 0.3 is 6.18 Å². The topological polar surface area (TPSA) is 32.3 Å². The number of carbonyl (C=O) groups is 1. The standard InChI is InChI=1S/C12H10ClF3N2O/c13-6-3-7-9-5-17-1-2-18(9)11(19)10(7)8(4-6)12(14,15)16/h3-4,10,17H,1-2,5H2. The molecule has 2 aliphatic heterocycles. The molecule has 0 aromatic heterocycles. The predicted molar refractivity (Wildman–Crippen MR) is 63.2 cm³/mol. The summed E-state index contributed by atoms with van der Waals surface area (Å²) in [6.07, 6.45) is -2.25. The summed E-state index contributed by atoms with van der Waals surface area (Å²) in [5, 5.41) is 3.06. The van der Waals surface area contributed by atoms with Crippen molar-refractivity contribution in [2.75, 3.05) is 19.6 Å². The molecule has 1 fully saturated rings. The molecule has 102 valence electrons. The number of hydrogen-bond donors (Lipinski definition) is 1. The number of amides is 1. The Morgan fingerprint density at radius 3 is 2.79 bits per heavy atom. The van der Waals surface area contributed by atoms with E-state index in [0.717, 1.165) is 6.08 Å². The van der Waals surface area contributed by atoms with E-state index in [1.807, 2.05) is 0 Å². The molecule has 3 aliphatic rings. The van der Waals surface area contributed by atoms with Crippen molar-refractivity contribution in [2.45, 2.75) is 6.18 Å². The zero-order chi connectivity index (χ0) is 13.8. The van der Waals surface area contributed by atoms with Gasteiger partial charge in [-0.2, -0.15) is 13.2 Å². The Balaban J connectivity index is 2.13. The van der Waals surface area contributed by atoms with Crippen LogP contribution < -0.4 is 5.32 Å². The van der Waals surface area contributed by atoms with Crippen molar-refractivity contribution in [1.29, 1.82) is 0 Å². The third-order valence-corrected chi connectivity index (χ3v) is 3.73. The average molecular weight is 291 g/mol. The van der Waals surface area contributed by atoms with Crippen LogP contribution in [0, 0.1) is 5.92 Å². The Morgan fingerprint density at radius 1 is 1.37 bits per heavy atom. The first-order valence-electron chi connectivity index (χ1n) is 5.80.